The second kappa shape index (κ2) is 6.17. The maximum atomic E-state index is 10.4. The molecule has 8 heteroatoms. The van der Waals surface area contributed by atoms with E-state index < -0.39 is 12.6 Å². The van der Waals surface area contributed by atoms with E-state index in [-0.39, 0.29) is 0 Å². The Hall–Kier alpha value is 0.890. The van der Waals surface area contributed by atoms with Gasteiger partial charge in [-0.3, -0.25) is 0 Å². The van der Waals surface area contributed by atoms with Crippen LogP contribution in [0, 0.1) is 0 Å². The van der Waals surface area contributed by atoms with E-state index in [1.165, 1.54) is 0 Å². The highest BCUT2D eigenvalue weighted by Gasteiger charge is 2.19. The van der Waals surface area contributed by atoms with Gasteiger partial charge in [-0.15, -0.1) is 0 Å². The Balaban J connectivity index is 3.23. The van der Waals surface area contributed by atoms with E-state index in [9.17, 15) is 4.79 Å². The molecule has 0 atom stereocenters. The maximum Gasteiger partial charge on any atom is 0.341 e. The monoisotopic (exact) mass is 542 g/mol. The number of halogens is 5. The number of carboxylic acid groups (broad SMARTS) is 1. The molecule has 0 heterocycles. The molecular formula is C8H3Br5O3. The summed E-state index contributed by atoms with van der Waals surface area (Å²) in [6, 6.07) is 0. The molecule has 0 saturated heterocycles. The van der Waals surface area contributed by atoms with Gasteiger partial charge in [-0.05, 0) is 79.6 Å². The van der Waals surface area contributed by atoms with E-state index >= 15 is 0 Å². The van der Waals surface area contributed by atoms with Crippen molar-refractivity contribution in [1.82, 2.24) is 0 Å². The van der Waals surface area contributed by atoms with Gasteiger partial charge in [0.05, 0.1) is 17.9 Å². The van der Waals surface area contributed by atoms with Gasteiger partial charge in [0.15, 0.2) is 12.4 Å². The van der Waals surface area contributed by atoms with E-state index in [2.05, 4.69) is 79.6 Å². The third kappa shape index (κ3) is 3.22. The van der Waals surface area contributed by atoms with Crippen molar-refractivity contribution < 1.29 is 14.6 Å². The molecular weight excluding hydrogens is 544 g/mol. The lowest BCUT2D eigenvalue weighted by atomic mass is 10.3. The fourth-order valence-corrected chi connectivity index (χ4v) is 4.08. The third-order valence-corrected chi connectivity index (χ3v) is 7.53. The van der Waals surface area contributed by atoms with Crippen molar-refractivity contribution in [2.24, 2.45) is 0 Å². The number of carbonyl (C=O) groups is 1. The largest absolute Gasteiger partial charge is 0.479 e. The van der Waals surface area contributed by atoms with E-state index in [0.29, 0.717) is 14.7 Å². The Bertz CT molecular complexity index is 417. The second-order valence-electron chi connectivity index (χ2n) is 2.58. The molecule has 0 unspecified atom stereocenters. The zero-order chi connectivity index (χ0) is 12.5. The standard InChI is InChI=1S/C8H3Br5O3/c9-3-4(10)6(12)8(7(13)5(3)11)16-1-2(14)15/h1H2,(H,14,15). The summed E-state index contributed by atoms with van der Waals surface area (Å²) in [6.07, 6.45) is 0. The fraction of sp³-hybridized carbons (Fsp3) is 0.125. The molecule has 16 heavy (non-hydrogen) atoms. The van der Waals surface area contributed by atoms with Crippen molar-refractivity contribution in [3.63, 3.8) is 0 Å². The number of aliphatic carboxylic acids is 1. The van der Waals surface area contributed by atoms with Crippen LogP contribution >= 0.6 is 79.6 Å². The number of carboxylic acids is 1. The molecule has 0 aliphatic heterocycles. The first-order valence-corrected chi connectivity index (χ1v) is 7.68. The van der Waals surface area contributed by atoms with Crippen molar-refractivity contribution in [3.8, 4) is 5.75 Å². The molecule has 1 N–H and O–H groups in total. The summed E-state index contributed by atoms with van der Waals surface area (Å²) in [5.41, 5.74) is 0. The molecule has 88 valence electrons. The van der Waals surface area contributed by atoms with E-state index in [1.54, 1.807) is 0 Å². The Kier molecular flexibility index (Phi) is 5.77. The highest BCUT2D eigenvalue weighted by Crippen LogP contribution is 2.48. The van der Waals surface area contributed by atoms with Crippen molar-refractivity contribution in [2.75, 3.05) is 6.61 Å². The molecule has 1 rings (SSSR count). The molecule has 0 amide bonds. The smallest absolute Gasteiger partial charge is 0.341 e. The van der Waals surface area contributed by atoms with Crippen LogP contribution in [-0.2, 0) is 4.79 Å². The van der Waals surface area contributed by atoms with Crippen LogP contribution in [0.4, 0.5) is 0 Å². The topological polar surface area (TPSA) is 46.5 Å². The van der Waals surface area contributed by atoms with Crippen LogP contribution in [0.2, 0.25) is 0 Å². The zero-order valence-electron chi connectivity index (χ0n) is 7.36. The lowest BCUT2D eigenvalue weighted by Crippen LogP contribution is -2.10. The van der Waals surface area contributed by atoms with Gasteiger partial charge in [0, 0.05) is 4.47 Å². The van der Waals surface area contributed by atoms with Crippen LogP contribution in [0.15, 0.2) is 22.4 Å². The van der Waals surface area contributed by atoms with Crippen molar-refractivity contribution in [2.45, 2.75) is 0 Å². The minimum atomic E-state index is -1.03. The third-order valence-electron chi connectivity index (χ3n) is 1.51. The van der Waals surface area contributed by atoms with Gasteiger partial charge >= 0.3 is 5.97 Å². The summed E-state index contributed by atoms with van der Waals surface area (Å²) in [7, 11) is 0. The van der Waals surface area contributed by atoms with Gasteiger partial charge in [0.1, 0.15) is 0 Å². The Labute approximate surface area is 134 Å². The van der Waals surface area contributed by atoms with Gasteiger partial charge in [0.25, 0.3) is 0 Å². The quantitative estimate of drug-likeness (QED) is 0.431. The average molecular weight is 547 g/mol. The number of benzene rings is 1. The van der Waals surface area contributed by atoms with Crippen LogP contribution < -0.4 is 4.74 Å². The van der Waals surface area contributed by atoms with Gasteiger partial charge in [0.2, 0.25) is 0 Å². The summed E-state index contributed by atoms with van der Waals surface area (Å²) in [5.74, 6) is -0.613. The molecule has 0 radical (unpaired) electrons. The van der Waals surface area contributed by atoms with Crippen LogP contribution in [0.3, 0.4) is 0 Å². The number of rotatable bonds is 3. The molecule has 3 nitrogen and oxygen atoms in total. The summed E-state index contributed by atoms with van der Waals surface area (Å²) in [6.45, 7) is -0.405. The number of ether oxygens (including phenoxy) is 1. The molecule has 1 aromatic rings. The highest BCUT2D eigenvalue weighted by molar-refractivity contribution is 9.15. The fourth-order valence-electron chi connectivity index (χ4n) is 0.845. The zero-order valence-corrected chi connectivity index (χ0v) is 15.3. The van der Waals surface area contributed by atoms with E-state index in [0.717, 1.165) is 13.4 Å². The van der Waals surface area contributed by atoms with Gasteiger partial charge in [-0.1, -0.05) is 0 Å². The lowest BCUT2D eigenvalue weighted by molar-refractivity contribution is -0.139. The minimum Gasteiger partial charge on any atom is -0.479 e. The normalized spacial score (nSPS) is 10.3. The first-order chi connectivity index (χ1) is 7.36. The summed E-state index contributed by atoms with van der Waals surface area (Å²) < 4.78 is 8.72. The van der Waals surface area contributed by atoms with Crippen molar-refractivity contribution >= 4 is 85.6 Å². The predicted octanol–water partition coefficient (Wildman–Crippen LogP) is 4.96. The molecule has 0 spiro atoms. The Morgan fingerprint density at radius 2 is 1.31 bits per heavy atom. The number of hydrogen-bond donors (Lipinski definition) is 1. The average Bonchev–Trinajstić information content (AvgIpc) is 2.23. The molecule has 0 aromatic heterocycles. The lowest BCUT2D eigenvalue weighted by Gasteiger charge is -2.13. The predicted molar refractivity (Wildman–Crippen MR) is 78.1 cm³/mol. The molecule has 0 aliphatic rings. The Morgan fingerprint density at radius 1 is 0.938 bits per heavy atom. The summed E-state index contributed by atoms with van der Waals surface area (Å²) in [5, 5.41) is 8.56. The van der Waals surface area contributed by atoms with Crippen LogP contribution in [0.25, 0.3) is 0 Å². The molecule has 0 saturated carbocycles. The van der Waals surface area contributed by atoms with Crippen LogP contribution in [0.1, 0.15) is 0 Å². The van der Waals surface area contributed by atoms with Gasteiger partial charge < -0.3 is 9.84 Å². The minimum absolute atomic E-state index is 0.405. The summed E-state index contributed by atoms with van der Waals surface area (Å²) >= 11 is 16.7. The highest BCUT2D eigenvalue weighted by atomic mass is 79.9. The maximum absolute atomic E-state index is 10.4. The van der Waals surface area contributed by atoms with Gasteiger partial charge in [-0.2, -0.15) is 0 Å². The van der Waals surface area contributed by atoms with Crippen LogP contribution in [0.5, 0.6) is 5.75 Å². The van der Waals surface area contributed by atoms with E-state index in [4.69, 9.17) is 9.84 Å². The van der Waals surface area contributed by atoms with Crippen LogP contribution in [-0.4, -0.2) is 17.7 Å². The Morgan fingerprint density at radius 3 is 1.69 bits per heavy atom. The second-order valence-corrected chi connectivity index (χ2v) is 6.55. The van der Waals surface area contributed by atoms with Crippen molar-refractivity contribution in [3.05, 3.63) is 22.4 Å². The van der Waals surface area contributed by atoms with Crippen molar-refractivity contribution in [1.29, 1.82) is 0 Å². The molecule has 0 fully saturated rings. The summed E-state index contributed by atoms with van der Waals surface area (Å²) in [4.78, 5) is 10.4. The molecule has 0 bridgehead atoms. The van der Waals surface area contributed by atoms with E-state index in [1.807, 2.05) is 0 Å². The van der Waals surface area contributed by atoms with Gasteiger partial charge in [-0.25, -0.2) is 4.79 Å². The first kappa shape index (κ1) is 14.9. The molecule has 1 aromatic carbocycles. The number of hydrogen-bond acceptors (Lipinski definition) is 2. The first-order valence-electron chi connectivity index (χ1n) is 3.72. The SMILES string of the molecule is O=C(O)COc1c(Br)c(Br)c(Br)c(Br)c1Br. The molecule has 0 aliphatic carbocycles.